The Labute approximate surface area is 127 Å². The Morgan fingerprint density at radius 1 is 1.14 bits per heavy atom. The molecule has 4 heteroatoms. The second kappa shape index (κ2) is 9.97. The lowest BCUT2D eigenvalue weighted by atomic mass is 10.1. The smallest absolute Gasteiger partial charge is 0.239 e. The lowest BCUT2D eigenvalue weighted by Crippen LogP contribution is -2.40. The lowest BCUT2D eigenvalue weighted by Gasteiger charge is -2.20. The summed E-state index contributed by atoms with van der Waals surface area (Å²) in [5.74, 6) is -0.118. The molecule has 0 aliphatic carbocycles. The maximum atomic E-state index is 11.8. The standard InChI is InChI=1S/C17H26N2O2/c1-3-4-12-18-17(21)14-19(15(2)20)13-8-11-16-9-6-5-7-10-16/h5-7,9-10H,3-4,8,11-14H2,1-2H3,(H,18,21). The number of benzene rings is 1. The Morgan fingerprint density at radius 2 is 1.86 bits per heavy atom. The zero-order valence-electron chi connectivity index (χ0n) is 13.1. The first-order valence-electron chi connectivity index (χ1n) is 7.69. The maximum Gasteiger partial charge on any atom is 0.239 e. The highest BCUT2D eigenvalue weighted by Crippen LogP contribution is 2.04. The van der Waals surface area contributed by atoms with E-state index in [9.17, 15) is 9.59 Å². The minimum Gasteiger partial charge on any atom is -0.355 e. The van der Waals surface area contributed by atoms with Gasteiger partial charge in [0, 0.05) is 20.0 Å². The molecule has 0 unspecified atom stereocenters. The van der Waals surface area contributed by atoms with Crippen LogP contribution in [0.1, 0.15) is 38.7 Å². The minimum atomic E-state index is -0.0710. The van der Waals surface area contributed by atoms with E-state index in [1.54, 1.807) is 4.90 Å². The summed E-state index contributed by atoms with van der Waals surface area (Å²) >= 11 is 0. The molecule has 0 aliphatic heterocycles. The van der Waals surface area contributed by atoms with Gasteiger partial charge in [0.05, 0.1) is 6.54 Å². The van der Waals surface area contributed by atoms with E-state index in [4.69, 9.17) is 0 Å². The van der Waals surface area contributed by atoms with Crippen molar-refractivity contribution in [2.75, 3.05) is 19.6 Å². The Hall–Kier alpha value is -1.84. The van der Waals surface area contributed by atoms with Gasteiger partial charge in [-0.1, -0.05) is 43.7 Å². The molecule has 0 aliphatic rings. The number of hydrogen-bond donors (Lipinski definition) is 1. The Bertz CT molecular complexity index is 432. The van der Waals surface area contributed by atoms with Crippen molar-refractivity contribution < 1.29 is 9.59 Å². The maximum absolute atomic E-state index is 11.8. The van der Waals surface area contributed by atoms with Gasteiger partial charge in [0.15, 0.2) is 0 Å². The molecule has 0 aromatic heterocycles. The number of aryl methyl sites for hydroxylation is 1. The molecule has 0 heterocycles. The first-order chi connectivity index (χ1) is 10.1. The monoisotopic (exact) mass is 290 g/mol. The molecular weight excluding hydrogens is 264 g/mol. The van der Waals surface area contributed by atoms with Crippen LogP contribution < -0.4 is 5.32 Å². The zero-order chi connectivity index (χ0) is 15.5. The molecule has 1 N–H and O–H groups in total. The number of nitrogens with zero attached hydrogens (tertiary/aromatic N) is 1. The highest BCUT2D eigenvalue weighted by atomic mass is 16.2. The summed E-state index contributed by atoms with van der Waals surface area (Å²) in [5, 5.41) is 2.84. The van der Waals surface area contributed by atoms with Crippen LogP contribution in [0.25, 0.3) is 0 Å². The molecule has 2 amide bonds. The second-order valence-electron chi connectivity index (χ2n) is 5.23. The van der Waals surface area contributed by atoms with Gasteiger partial charge in [0.2, 0.25) is 11.8 Å². The van der Waals surface area contributed by atoms with Crippen molar-refractivity contribution >= 4 is 11.8 Å². The van der Waals surface area contributed by atoms with E-state index in [1.165, 1.54) is 12.5 Å². The summed E-state index contributed by atoms with van der Waals surface area (Å²) in [6.45, 7) is 5.06. The van der Waals surface area contributed by atoms with Crippen molar-refractivity contribution in [3.63, 3.8) is 0 Å². The second-order valence-corrected chi connectivity index (χ2v) is 5.23. The van der Waals surface area contributed by atoms with Crippen molar-refractivity contribution in [3.05, 3.63) is 35.9 Å². The lowest BCUT2D eigenvalue weighted by molar-refractivity contribution is -0.134. The van der Waals surface area contributed by atoms with Gasteiger partial charge in [-0.2, -0.15) is 0 Å². The number of unbranched alkanes of at least 4 members (excludes halogenated alkanes) is 1. The van der Waals surface area contributed by atoms with E-state index < -0.39 is 0 Å². The molecule has 21 heavy (non-hydrogen) atoms. The van der Waals surface area contributed by atoms with Crippen molar-refractivity contribution in [1.29, 1.82) is 0 Å². The van der Waals surface area contributed by atoms with Gasteiger partial charge in [0.25, 0.3) is 0 Å². The number of nitrogens with one attached hydrogen (secondary N) is 1. The number of hydrogen-bond acceptors (Lipinski definition) is 2. The molecule has 0 radical (unpaired) electrons. The van der Waals surface area contributed by atoms with Crippen LogP contribution in [-0.2, 0) is 16.0 Å². The molecule has 1 aromatic rings. The first kappa shape index (κ1) is 17.2. The number of rotatable bonds is 9. The van der Waals surface area contributed by atoms with E-state index in [0.717, 1.165) is 25.7 Å². The topological polar surface area (TPSA) is 49.4 Å². The fourth-order valence-corrected chi connectivity index (χ4v) is 2.10. The molecule has 0 atom stereocenters. The molecule has 1 rings (SSSR count). The Kier molecular flexibility index (Phi) is 8.17. The third-order valence-corrected chi connectivity index (χ3v) is 3.37. The van der Waals surface area contributed by atoms with E-state index in [1.807, 2.05) is 18.2 Å². The summed E-state index contributed by atoms with van der Waals surface area (Å²) < 4.78 is 0. The van der Waals surface area contributed by atoms with Gasteiger partial charge < -0.3 is 10.2 Å². The molecule has 0 saturated heterocycles. The minimum absolute atomic E-state index is 0.0475. The third kappa shape index (κ3) is 7.49. The SMILES string of the molecule is CCCCNC(=O)CN(CCCc1ccccc1)C(C)=O. The predicted octanol–water partition coefficient (Wildman–Crippen LogP) is 2.38. The summed E-state index contributed by atoms with van der Waals surface area (Å²) in [6.07, 6.45) is 3.81. The fraction of sp³-hybridized carbons (Fsp3) is 0.529. The van der Waals surface area contributed by atoms with E-state index in [2.05, 4.69) is 24.4 Å². The van der Waals surface area contributed by atoms with Crippen LogP contribution in [0, 0.1) is 0 Å². The molecular formula is C17H26N2O2. The predicted molar refractivity (Wildman–Crippen MR) is 84.9 cm³/mol. The summed E-state index contributed by atoms with van der Waals surface area (Å²) in [6, 6.07) is 10.2. The van der Waals surface area contributed by atoms with Crippen LogP contribution in [0.2, 0.25) is 0 Å². The highest BCUT2D eigenvalue weighted by Gasteiger charge is 2.12. The van der Waals surface area contributed by atoms with Gasteiger partial charge in [-0.15, -0.1) is 0 Å². The van der Waals surface area contributed by atoms with Gasteiger partial charge in [-0.3, -0.25) is 9.59 Å². The number of carbonyl (C=O) groups excluding carboxylic acids is 2. The molecule has 4 nitrogen and oxygen atoms in total. The third-order valence-electron chi connectivity index (χ3n) is 3.37. The van der Waals surface area contributed by atoms with Crippen molar-refractivity contribution in [1.82, 2.24) is 10.2 Å². The van der Waals surface area contributed by atoms with Gasteiger partial charge in [-0.05, 0) is 24.8 Å². The molecule has 0 spiro atoms. The van der Waals surface area contributed by atoms with Crippen LogP contribution >= 0.6 is 0 Å². The first-order valence-corrected chi connectivity index (χ1v) is 7.69. The van der Waals surface area contributed by atoms with Gasteiger partial charge in [-0.25, -0.2) is 0 Å². The number of carbonyl (C=O) groups is 2. The molecule has 1 aromatic carbocycles. The summed E-state index contributed by atoms with van der Waals surface area (Å²) in [5.41, 5.74) is 1.26. The summed E-state index contributed by atoms with van der Waals surface area (Å²) in [4.78, 5) is 25.0. The van der Waals surface area contributed by atoms with Crippen molar-refractivity contribution in [2.24, 2.45) is 0 Å². The average Bonchev–Trinajstić information content (AvgIpc) is 2.47. The van der Waals surface area contributed by atoms with E-state index in [-0.39, 0.29) is 18.4 Å². The Balaban J connectivity index is 2.32. The molecule has 0 bridgehead atoms. The van der Waals surface area contributed by atoms with Crippen LogP contribution in [0.15, 0.2) is 30.3 Å². The molecule has 0 fully saturated rings. The largest absolute Gasteiger partial charge is 0.355 e. The molecule has 116 valence electrons. The van der Waals surface area contributed by atoms with Crippen LogP contribution in [0.5, 0.6) is 0 Å². The number of amides is 2. The van der Waals surface area contributed by atoms with Crippen LogP contribution in [-0.4, -0.2) is 36.3 Å². The van der Waals surface area contributed by atoms with Crippen LogP contribution in [0.4, 0.5) is 0 Å². The Morgan fingerprint density at radius 3 is 2.48 bits per heavy atom. The fourth-order valence-electron chi connectivity index (χ4n) is 2.10. The quantitative estimate of drug-likeness (QED) is 0.710. The van der Waals surface area contributed by atoms with E-state index in [0.29, 0.717) is 13.1 Å². The van der Waals surface area contributed by atoms with Crippen LogP contribution in [0.3, 0.4) is 0 Å². The zero-order valence-corrected chi connectivity index (χ0v) is 13.1. The van der Waals surface area contributed by atoms with Crippen molar-refractivity contribution in [2.45, 2.75) is 39.5 Å². The van der Waals surface area contributed by atoms with Crippen molar-refractivity contribution in [3.8, 4) is 0 Å². The highest BCUT2D eigenvalue weighted by molar-refractivity contribution is 5.83. The summed E-state index contributed by atoms with van der Waals surface area (Å²) in [7, 11) is 0. The average molecular weight is 290 g/mol. The van der Waals surface area contributed by atoms with Gasteiger partial charge >= 0.3 is 0 Å². The molecule has 0 saturated carbocycles. The normalized spacial score (nSPS) is 10.2. The van der Waals surface area contributed by atoms with E-state index >= 15 is 0 Å². The van der Waals surface area contributed by atoms with Gasteiger partial charge in [0.1, 0.15) is 0 Å².